The molecule has 0 bridgehead atoms. The van der Waals surface area contributed by atoms with E-state index in [2.05, 4.69) is 10.6 Å². The summed E-state index contributed by atoms with van der Waals surface area (Å²) in [5, 5.41) is 5.42. The minimum atomic E-state index is -0.290. The topological polar surface area (TPSA) is 66.4 Å². The van der Waals surface area contributed by atoms with Gasteiger partial charge in [-0.3, -0.25) is 9.59 Å². The lowest BCUT2D eigenvalue weighted by Gasteiger charge is -2.13. The number of amides is 2. The highest BCUT2D eigenvalue weighted by Crippen LogP contribution is 2.15. The van der Waals surface area contributed by atoms with Gasteiger partial charge in [0.2, 0.25) is 5.91 Å². The molecule has 2 N–H and O–H groups in total. The third-order valence-corrected chi connectivity index (χ3v) is 4.09. The Hall–Kier alpha value is -3.54. The number of carbonyl (C=O) groups excluding carboxylic acids is 2. The van der Waals surface area contributed by atoms with Crippen LogP contribution in [0.2, 0.25) is 0 Å². The van der Waals surface area contributed by atoms with E-state index in [1.165, 1.54) is 0 Å². The fraction of sp³-hybridized carbons (Fsp3) is 0.143. The molecule has 2 amide bonds. The van der Waals surface area contributed by atoms with Crippen molar-refractivity contribution in [1.82, 2.24) is 9.88 Å². The molecule has 0 aliphatic rings. The zero-order chi connectivity index (χ0) is 19.2. The van der Waals surface area contributed by atoms with Gasteiger partial charge in [-0.1, -0.05) is 6.07 Å². The zero-order valence-electron chi connectivity index (χ0n) is 15.3. The molecule has 0 atom stereocenters. The van der Waals surface area contributed by atoms with Crippen LogP contribution in [0.4, 0.5) is 11.4 Å². The second-order valence-corrected chi connectivity index (χ2v) is 6.31. The number of carbonyl (C=O) groups is 2. The molecule has 1 heterocycles. The second-order valence-electron chi connectivity index (χ2n) is 6.31. The van der Waals surface area contributed by atoms with E-state index in [0.29, 0.717) is 11.3 Å². The van der Waals surface area contributed by atoms with Gasteiger partial charge < -0.3 is 20.1 Å². The van der Waals surface area contributed by atoms with Crippen LogP contribution in [0, 0.1) is 0 Å². The van der Waals surface area contributed by atoms with Crippen LogP contribution >= 0.6 is 0 Å². The van der Waals surface area contributed by atoms with E-state index in [9.17, 15) is 9.59 Å². The first-order valence-electron chi connectivity index (χ1n) is 8.62. The van der Waals surface area contributed by atoms with E-state index in [1.54, 1.807) is 12.1 Å². The molecule has 138 valence electrons. The standard InChI is InChI=1S/C21H22N4O2/c1-24(2)18-10-8-17(9-11-18)23-20(26)15-22-21(27)16-6-5-7-19(14-16)25-12-3-4-13-25/h3-14H,15H2,1-2H3,(H,22,27)(H,23,26). The fourth-order valence-corrected chi connectivity index (χ4v) is 2.63. The monoisotopic (exact) mass is 362 g/mol. The van der Waals surface area contributed by atoms with Crippen LogP contribution in [-0.4, -0.2) is 37.0 Å². The van der Waals surface area contributed by atoms with Crippen LogP contribution in [0.3, 0.4) is 0 Å². The van der Waals surface area contributed by atoms with Gasteiger partial charge in [0.25, 0.3) is 5.91 Å². The average Bonchev–Trinajstić information content (AvgIpc) is 3.21. The lowest BCUT2D eigenvalue weighted by atomic mass is 10.2. The molecule has 0 radical (unpaired) electrons. The Kier molecular flexibility index (Phi) is 5.56. The Balaban J connectivity index is 1.55. The summed E-state index contributed by atoms with van der Waals surface area (Å²) < 4.78 is 1.92. The number of hydrogen-bond acceptors (Lipinski definition) is 3. The summed E-state index contributed by atoms with van der Waals surface area (Å²) in [6.45, 7) is -0.0952. The Morgan fingerprint density at radius 3 is 2.33 bits per heavy atom. The van der Waals surface area contributed by atoms with Crippen molar-refractivity contribution >= 4 is 23.2 Å². The van der Waals surface area contributed by atoms with Crippen molar-refractivity contribution < 1.29 is 9.59 Å². The summed E-state index contributed by atoms with van der Waals surface area (Å²) in [5.41, 5.74) is 3.13. The van der Waals surface area contributed by atoms with Gasteiger partial charge in [0.05, 0.1) is 6.54 Å². The zero-order valence-corrected chi connectivity index (χ0v) is 15.3. The van der Waals surface area contributed by atoms with E-state index in [4.69, 9.17) is 0 Å². The Labute approximate surface area is 158 Å². The highest BCUT2D eigenvalue weighted by molar-refractivity contribution is 5.99. The molecule has 0 aliphatic carbocycles. The van der Waals surface area contributed by atoms with Crippen LogP contribution in [0.1, 0.15) is 10.4 Å². The third-order valence-electron chi connectivity index (χ3n) is 4.09. The van der Waals surface area contributed by atoms with Crippen molar-refractivity contribution in [3.8, 4) is 5.69 Å². The average molecular weight is 362 g/mol. The molecule has 3 rings (SSSR count). The first-order valence-corrected chi connectivity index (χ1v) is 8.62. The predicted molar refractivity (Wildman–Crippen MR) is 108 cm³/mol. The Bertz CT molecular complexity index is 916. The lowest BCUT2D eigenvalue weighted by Crippen LogP contribution is -2.32. The van der Waals surface area contributed by atoms with Gasteiger partial charge in [-0.25, -0.2) is 0 Å². The van der Waals surface area contributed by atoms with E-state index in [0.717, 1.165) is 11.4 Å². The summed E-state index contributed by atoms with van der Waals surface area (Å²) in [5.74, 6) is -0.565. The smallest absolute Gasteiger partial charge is 0.251 e. The molecule has 1 aromatic heterocycles. The maximum absolute atomic E-state index is 12.3. The number of aromatic nitrogens is 1. The summed E-state index contributed by atoms with van der Waals surface area (Å²) >= 11 is 0. The molecule has 3 aromatic rings. The van der Waals surface area contributed by atoms with Gasteiger partial charge >= 0.3 is 0 Å². The van der Waals surface area contributed by atoms with Crippen LogP contribution in [0.5, 0.6) is 0 Å². The van der Waals surface area contributed by atoms with Gasteiger partial charge in [-0.15, -0.1) is 0 Å². The first-order chi connectivity index (χ1) is 13.0. The van der Waals surface area contributed by atoms with Crippen LogP contribution in [0.15, 0.2) is 73.1 Å². The number of anilines is 2. The molecule has 0 unspecified atom stereocenters. The SMILES string of the molecule is CN(C)c1ccc(NC(=O)CNC(=O)c2cccc(-n3cccc3)c2)cc1. The van der Waals surface area contributed by atoms with Gasteiger partial charge in [0.1, 0.15) is 0 Å². The van der Waals surface area contributed by atoms with Crippen LogP contribution < -0.4 is 15.5 Å². The Morgan fingerprint density at radius 2 is 1.67 bits per heavy atom. The Morgan fingerprint density at radius 1 is 0.963 bits per heavy atom. The largest absolute Gasteiger partial charge is 0.378 e. The normalized spacial score (nSPS) is 10.3. The summed E-state index contributed by atoms with van der Waals surface area (Å²) in [4.78, 5) is 26.4. The van der Waals surface area contributed by atoms with Gasteiger partial charge in [0.15, 0.2) is 0 Å². The minimum absolute atomic E-state index is 0.0952. The van der Waals surface area contributed by atoms with Crippen molar-refractivity contribution in [3.05, 3.63) is 78.6 Å². The molecule has 2 aromatic carbocycles. The van der Waals surface area contributed by atoms with Crippen molar-refractivity contribution in [3.63, 3.8) is 0 Å². The van der Waals surface area contributed by atoms with E-state index in [1.807, 2.05) is 84.5 Å². The van der Waals surface area contributed by atoms with Crippen LogP contribution in [-0.2, 0) is 4.79 Å². The van der Waals surface area contributed by atoms with Gasteiger partial charge in [-0.2, -0.15) is 0 Å². The molecule has 0 fully saturated rings. The molecule has 6 heteroatoms. The highest BCUT2D eigenvalue weighted by atomic mass is 16.2. The molecule has 6 nitrogen and oxygen atoms in total. The molecular formula is C21H22N4O2. The molecule has 27 heavy (non-hydrogen) atoms. The molecule has 0 aliphatic heterocycles. The van der Waals surface area contributed by atoms with E-state index in [-0.39, 0.29) is 18.4 Å². The number of hydrogen-bond donors (Lipinski definition) is 2. The third kappa shape index (κ3) is 4.76. The summed E-state index contributed by atoms with van der Waals surface area (Å²) in [6.07, 6.45) is 3.82. The van der Waals surface area contributed by atoms with Crippen molar-refractivity contribution in [2.75, 3.05) is 30.9 Å². The molecular weight excluding hydrogens is 340 g/mol. The maximum Gasteiger partial charge on any atom is 0.251 e. The first kappa shape index (κ1) is 18.3. The highest BCUT2D eigenvalue weighted by Gasteiger charge is 2.09. The van der Waals surface area contributed by atoms with E-state index < -0.39 is 0 Å². The van der Waals surface area contributed by atoms with Crippen molar-refractivity contribution in [2.45, 2.75) is 0 Å². The second kappa shape index (κ2) is 8.23. The van der Waals surface area contributed by atoms with Gasteiger partial charge in [0, 0.05) is 49.1 Å². The van der Waals surface area contributed by atoms with Gasteiger partial charge in [-0.05, 0) is 54.6 Å². The fourth-order valence-electron chi connectivity index (χ4n) is 2.63. The molecule has 0 saturated heterocycles. The molecule has 0 saturated carbocycles. The summed E-state index contributed by atoms with van der Waals surface area (Å²) in [6, 6.07) is 18.6. The quantitative estimate of drug-likeness (QED) is 0.709. The maximum atomic E-state index is 12.3. The number of nitrogens with zero attached hydrogens (tertiary/aromatic N) is 2. The summed E-state index contributed by atoms with van der Waals surface area (Å²) in [7, 11) is 3.91. The number of nitrogens with one attached hydrogen (secondary N) is 2. The predicted octanol–water partition coefficient (Wildman–Crippen LogP) is 2.91. The van der Waals surface area contributed by atoms with Crippen molar-refractivity contribution in [2.24, 2.45) is 0 Å². The lowest BCUT2D eigenvalue weighted by molar-refractivity contribution is -0.115. The number of benzene rings is 2. The molecule has 0 spiro atoms. The number of rotatable bonds is 6. The van der Waals surface area contributed by atoms with E-state index >= 15 is 0 Å². The van der Waals surface area contributed by atoms with Crippen molar-refractivity contribution in [1.29, 1.82) is 0 Å². The van der Waals surface area contributed by atoms with Crippen LogP contribution in [0.25, 0.3) is 5.69 Å². The minimum Gasteiger partial charge on any atom is -0.378 e.